The average Bonchev–Trinajstić information content (AvgIpc) is 2.68. The van der Waals surface area contributed by atoms with Crippen molar-refractivity contribution in [2.75, 3.05) is 0 Å². The van der Waals surface area contributed by atoms with Crippen LogP contribution in [0.3, 0.4) is 0 Å². The molecule has 2 aliphatic rings. The van der Waals surface area contributed by atoms with E-state index in [0.717, 1.165) is 19.3 Å². The Morgan fingerprint density at radius 2 is 1.89 bits per heavy atom. The molecule has 0 amide bonds. The molecule has 0 unspecified atom stereocenters. The third-order valence-corrected chi connectivity index (χ3v) is 4.58. The van der Waals surface area contributed by atoms with E-state index in [4.69, 9.17) is 0 Å². The molecule has 3 rings (SSSR count). The zero-order chi connectivity index (χ0) is 12.6. The van der Waals surface area contributed by atoms with Gasteiger partial charge in [-0.3, -0.25) is 9.59 Å². The Labute approximate surface area is 107 Å². The summed E-state index contributed by atoms with van der Waals surface area (Å²) in [5.41, 5.74) is 0.941. The molecular formula is C16H18O2. The van der Waals surface area contributed by atoms with Gasteiger partial charge in [-0.25, -0.2) is 0 Å². The van der Waals surface area contributed by atoms with Crippen LogP contribution in [0.1, 0.15) is 50.0 Å². The predicted octanol–water partition coefficient (Wildman–Crippen LogP) is 3.26. The van der Waals surface area contributed by atoms with Gasteiger partial charge in [0, 0.05) is 24.7 Å². The van der Waals surface area contributed by atoms with Crippen molar-refractivity contribution in [3.63, 3.8) is 0 Å². The highest BCUT2D eigenvalue weighted by Gasteiger charge is 2.48. The average molecular weight is 242 g/mol. The van der Waals surface area contributed by atoms with Crippen LogP contribution in [0.4, 0.5) is 0 Å². The molecule has 2 aliphatic carbocycles. The van der Waals surface area contributed by atoms with E-state index in [9.17, 15) is 9.59 Å². The maximum atomic E-state index is 12.3. The summed E-state index contributed by atoms with van der Waals surface area (Å²) in [4.78, 5) is 24.0. The van der Waals surface area contributed by atoms with Crippen molar-refractivity contribution in [1.82, 2.24) is 0 Å². The molecule has 0 bridgehead atoms. The van der Waals surface area contributed by atoms with Crippen molar-refractivity contribution in [1.29, 1.82) is 0 Å². The highest BCUT2D eigenvalue weighted by atomic mass is 16.1. The summed E-state index contributed by atoms with van der Waals surface area (Å²) in [5, 5.41) is 0. The van der Waals surface area contributed by atoms with Gasteiger partial charge in [0.25, 0.3) is 0 Å². The molecule has 0 heterocycles. The minimum atomic E-state index is -0.310. The standard InChI is InChI=1S/C16H18O2/c17-14-7-4-8-16(11-14)10-13(9-15(16)18)12-5-2-1-3-6-12/h1-3,5-6,13H,4,7-11H2/t13-,16-/m1/s1. The number of Topliss-reactive ketones (excluding diaryl/α,β-unsaturated/α-hetero) is 2. The quantitative estimate of drug-likeness (QED) is 0.757. The number of benzene rings is 1. The van der Waals surface area contributed by atoms with Crippen LogP contribution >= 0.6 is 0 Å². The second kappa shape index (κ2) is 4.34. The Morgan fingerprint density at radius 1 is 1.11 bits per heavy atom. The molecule has 2 atom stereocenters. The van der Waals surface area contributed by atoms with Crippen molar-refractivity contribution in [3.05, 3.63) is 35.9 Å². The van der Waals surface area contributed by atoms with Gasteiger partial charge in [-0.1, -0.05) is 30.3 Å². The first-order chi connectivity index (χ1) is 8.70. The fraction of sp³-hybridized carbons (Fsp3) is 0.500. The number of hydrogen-bond donors (Lipinski definition) is 0. The zero-order valence-corrected chi connectivity index (χ0v) is 10.5. The van der Waals surface area contributed by atoms with Crippen LogP contribution in [0, 0.1) is 5.41 Å². The van der Waals surface area contributed by atoms with Gasteiger partial charge in [-0.05, 0) is 30.7 Å². The fourth-order valence-corrected chi connectivity index (χ4v) is 3.65. The van der Waals surface area contributed by atoms with E-state index in [1.165, 1.54) is 5.56 Å². The molecule has 1 aromatic carbocycles. The number of rotatable bonds is 1. The molecular weight excluding hydrogens is 224 g/mol. The lowest BCUT2D eigenvalue weighted by atomic mass is 9.71. The largest absolute Gasteiger partial charge is 0.300 e. The smallest absolute Gasteiger partial charge is 0.140 e. The number of carbonyl (C=O) groups is 2. The molecule has 2 saturated carbocycles. The Morgan fingerprint density at radius 3 is 2.61 bits per heavy atom. The minimum absolute atomic E-state index is 0.281. The van der Waals surface area contributed by atoms with Crippen molar-refractivity contribution in [2.45, 2.75) is 44.4 Å². The topological polar surface area (TPSA) is 34.1 Å². The van der Waals surface area contributed by atoms with Crippen LogP contribution in [0.2, 0.25) is 0 Å². The fourth-order valence-electron chi connectivity index (χ4n) is 3.65. The molecule has 2 heteroatoms. The van der Waals surface area contributed by atoms with Gasteiger partial charge < -0.3 is 0 Å². The number of carbonyl (C=O) groups excluding carboxylic acids is 2. The van der Waals surface area contributed by atoms with Crippen molar-refractivity contribution < 1.29 is 9.59 Å². The zero-order valence-electron chi connectivity index (χ0n) is 10.5. The summed E-state index contributed by atoms with van der Waals surface area (Å²) >= 11 is 0. The van der Waals surface area contributed by atoms with Gasteiger partial charge >= 0.3 is 0 Å². The Kier molecular flexibility index (Phi) is 2.81. The lowest BCUT2D eigenvalue weighted by molar-refractivity contribution is -0.134. The van der Waals surface area contributed by atoms with Crippen LogP contribution in [0.5, 0.6) is 0 Å². The lowest BCUT2D eigenvalue weighted by Gasteiger charge is -2.31. The van der Waals surface area contributed by atoms with E-state index in [1.54, 1.807) is 0 Å². The highest BCUT2D eigenvalue weighted by molar-refractivity contribution is 5.94. The SMILES string of the molecule is O=C1CCC[C@]2(C1)C[C@H](c1ccccc1)CC2=O. The Balaban J connectivity index is 1.84. The van der Waals surface area contributed by atoms with Crippen molar-refractivity contribution in [3.8, 4) is 0 Å². The van der Waals surface area contributed by atoms with E-state index in [1.807, 2.05) is 18.2 Å². The van der Waals surface area contributed by atoms with Crippen LogP contribution in [-0.4, -0.2) is 11.6 Å². The summed E-state index contributed by atoms with van der Waals surface area (Å²) in [6.45, 7) is 0. The second-order valence-electron chi connectivity index (χ2n) is 5.79. The highest BCUT2D eigenvalue weighted by Crippen LogP contribution is 2.51. The molecule has 1 aromatic rings. The van der Waals surface area contributed by atoms with Gasteiger partial charge in [0.05, 0.1) is 0 Å². The summed E-state index contributed by atoms with van der Waals surface area (Å²) in [6.07, 6.45) is 4.48. The molecule has 2 nitrogen and oxygen atoms in total. The van der Waals surface area contributed by atoms with E-state index >= 15 is 0 Å². The summed E-state index contributed by atoms with van der Waals surface area (Å²) < 4.78 is 0. The number of ketones is 2. The minimum Gasteiger partial charge on any atom is -0.300 e. The molecule has 2 fully saturated rings. The maximum absolute atomic E-state index is 12.3. The molecule has 0 N–H and O–H groups in total. The Hall–Kier alpha value is -1.44. The molecule has 0 aromatic heterocycles. The van der Waals surface area contributed by atoms with Gasteiger partial charge in [-0.2, -0.15) is 0 Å². The van der Waals surface area contributed by atoms with E-state index in [-0.39, 0.29) is 11.2 Å². The van der Waals surface area contributed by atoms with Crippen molar-refractivity contribution in [2.24, 2.45) is 5.41 Å². The molecule has 94 valence electrons. The van der Waals surface area contributed by atoms with Crippen LogP contribution in [0.25, 0.3) is 0 Å². The second-order valence-corrected chi connectivity index (χ2v) is 5.79. The predicted molar refractivity (Wildman–Crippen MR) is 69.3 cm³/mol. The van der Waals surface area contributed by atoms with Crippen LogP contribution < -0.4 is 0 Å². The van der Waals surface area contributed by atoms with Crippen LogP contribution in [0.15, 0.2) is 30.3 Å². The van der Waals surface area contributed by atoms with Gasteiger partial charge in [0.2, 0.25) is 0 Å². The first-order valence-electron chi connectivity index (χ1n) is 6.80. The monoisotopic (exact) mass is 242 g/mol. The maximum Gasteiger partial charge on any atom is 0.140 e. The molecule has 1 spiro atoms. The first-order valence-corrected chi connectivity index (χ1v) is 6.80. The number of hydrogen-bond acceptors (Lipinski definition) is 2. The lowest BCUT2D eigenvalue weighted by Crippen LogP contribution is -2.32. The third kappa shape index (κ3) is 1.90. The van der Waals surface area contributed by atoms with E-state index in [2.05, 4.69) is 12.1 Å². The Bertz CT molecular complexity index is 477. The summed E-state index contributed by atoms with van der Waals surface area (Å²) in [5.74, 6) is 0.928. The van der Waals surface area contributed by atoms with Crippen LogP contribution in [-0.2, 0) is 9.59 Å². The normalized spacial score (nSPS) is 32.1. The van der Waals surface area contributed by atoms with Crippen molar-refractivity contribution >= 4 is 11.6 Å². The molecule has 0 radical (unpaired) electrons. The molecule has 0 saturated heterocycles. The van der Waals surface area contributed by atoms with E-state index < -0.39 is 0 Å². The van der Waals surface area contributed by atoms with E-state index in [0.29, 0.717) is 31.0 Å². The summed E-state index contributed by atoms with van der Waals surface area (Å²) in [7, 11) is 0. The molecule has 18 heavy (non-hydrogen) atoms. The first kappa shape index (κ1) is 11.6. The molecule has 0 aliphatic heterocycles. The van der Waals surface area contributed by atoms with Gasteiger partial charge in [-0.15, -0.1) is 0 Å². The van der Waals surface area contributed by atoms with Gasteiger partial charge in [0.1, 0.15) is 11.6 Å². The summed E-state index contributed by atoms with van der Waals surface area (Å²) in [6, 6.07) is 10.2. The van der Waals surface area contributed by atoms with Gasteiger partial charge in [0.15, 0.2) is 0 Å². The third-order valence-electron chi connectivity index (χ3n) is 4.58.